The first-order chi connectivity index (χ1) is 11.3. The molecule has 0 N–H and O–H groups in total. The molecule has 1 saturated heterocycles. The van der Waals surface area contributed by atoms with Gasteiger partial charge in [-0.15, -0.1) is 0 Å². The summed E-state index contributed by atoms with van der Waals surface area (Å²) in [5, 5.41) is 4.40. The van der Waals surface area contributed by atoms with Crippen LogP contribution in [0.4, 0.5) is 0 Å². The van der Waals surface area contributed by atoms with Crippen LogP contribution < -0.4 is 4.74 Å². The highest BCUT2D eigenvalue weighted by molar-refractivity contribution is 5.23. The standard InChI is InChI=1S/C18H26N4O/c1-3-22-18(5-8-20-22)16-6-9-21(10-7-16)14-15-11-17(23-4-2)13-19-12-15/h5,8,11-13,16H,3-4,6-7,9-10,14H2,1-2H3. The van der Waals surface area contributed by atoms with Crippen LogP contribution in [0.15, 0.2) is 30.7 Å². The van der Waals surface area contributed by atoms with Gasteiger partial charge in [0.25, 0.3) is 0 Å². The molecule has 0 unspecified atom stereocenters. The number of hydrogen-bond acceptors (Lipinski definition) is 4. The molecule has 2 aromatic heterocycles. The number of aryl methyl sites for hydroxylation is 1. The molecule has 0 atom stereocenters. The van der Waals surface area contributed by atoms with Gasteiger partial charge in [0.05, 0.1) is 12.8 Å². The Kier molecular flexibility index (Phi) is 5.28. The number of nitrogens with zero attached hydrogens (tertiary/aromatic N) is 4. The lowest BCUT2D eigenvalue weighted by Gasteiger charge is -2.32. The maximum absolute atomic E-state index is 5.54. The van der Waals surface area contributed by atoms with E-state index in [4.69, 9.17) is 4.74 Å². The van der Waals surface area contributed by atoms with E-state index in [-0.39, 0.29) is 0 Å². The fourth-order valence-electron chi connectivity index (χ4n) is 3.39. The Morgan fingerprint density at radius 1 is 1.22 bits per heavy atom. The van der Waals surface area contributed by atoms with Crippen molar-refractivity contribution >= 4 is 0 Å². The average Bonchev–Trinajstić information content (AvgIpc) is 3.05. The quantitative estimate of drug-likeness (QED) is 0.822. The van der Waals surface area contributed by atoms with Crippen LogP contribution in [-0.4, -0.2) is 39.4 Å². The molecule has 0 spiro atoms. The first-order valence-electron chi connectivity index (χ1n) is 8.61. The molecule has 0 bridgehead atoms. The molecule has 3 heterocycles. The summed E-state index contributed by atoms with van der Waals surface area (Å²) >= 11 is 0. The van der Waals surface area contributed by atoms with Crippen LogP contribution in [0.3, 0.4) is 0 Å². The van der Waals surface area contributed by atoms with Crippen LogP contribution in [0.1, 0.15) is 43.9 Å². The highest BCUT2D eigenvalue weighted by Gasteiger charge is 2.23. The zero-order chi connectivity index (χ0) is 16.1. The predicted octanol–water partition coefficient (Wildman–Crippen LogP) is 3.08. The molecule has 23 heavy (non-hydrogen) atoms. The molecular formula is C18H26N4O. The minimum atomic E-state index is 0.640. The molecular weight excluding hydrogens is 288 g/mol. The summed E-state index contributed by atoms with van der Waals surface area (Å²) in [5.41, 5.74) is 2.63. The third kappa shape index (κ3) is 3.91. The Morgan fingerprint density at radius 3 is 2.78 bits per heavy atom. The van der Waals surface area contributed by atoms with E-state index in [1.807, 2.05) is 19.3 Å². The summed E-state index contributed by atoms with van der Waals surface area (Å²) in [6.07, 6.45) is 8.05. The van der Waals surface area contributed by atoms with Gasteiger partial charge in [0, 0.05) is 37.1 Å². The fourth-order valence-corrected chi connectivity index (χ4v) is 3.39. The number of hydrogen-bond donors (Lipinski definition) is 0. The summed E-state index contributed by atoms with van der Waals surface area (Å²) in [6.45, 7) is 8.99. The first kappa shape index (κ1) is 16.0. The monoisotopic (exact) mass is 314 g/mol. The van der Waals surface area contributed by atoms with E-state index >= 15 is 0 Å². The van der Waals surface area contributed by atoms with E-state index in [0.717, 1.165) is 31.9 Å². The van der Waals surface area contributed by atoms with Gasteiger partial charge in [-0.2, -0.15) is 5.10 Å². The maximum Gasteiger partial charge on any atom is 0.137 e. The van der Waals surface area contributed by atoms with Crippen molar-refractivity contribution in [2.45, 2.75) is 45.7 Å². The van der Waals surface area contributed by atoms with Crippen molar-refractivity contribution < 1.29 is 4.74 Å². The van der Waals surface area contributed by atoms with Gasteiger partial charge in [-0.05, 0) is 57.5 Å². The van der Waals surface area contributed by atoms with Crippen LogP contribution in [0.2, 0.25) is 0 Å². The zero-order valence-electron chi connectivity index (χ0n) is 14.1. The van der Waals surface area contributed by atoms with Crippen molar-refractivity contribution in [3.05, 3.63) is 42.0 Å². The van der Waals surface area contributed by atoms with Crippen LogP contribution in [0, 0.1) is 0 Å². The Morgan fingerprint density at radius 2 is 2.04 bits per heavy atom. The molecule has 5 heteroatoms. The Balaban J connectivity index is 1.56. The van der Waals surface area contributed by atoms with Gasteiger partial charge in [0.1, 0.15) is 5.75 Å². The summed E-state index contributed by atoms with van der Waals surface area (Å²) in [5.74, 6) is 1.51. The Bertz CT molecular complexity index is 617. The second-order valence-electron chi connectivity index (χ2n) is 6.08. The van der Waals surface area contributed by atoms with Gasteiger partial charge in [-0.25, -0.2) is 0 Å². The van der Waals surface area contributed by atoms with E-state index in [0.29, 0.717) is 12.5 Å². The summed E-state index contributed by atoms with van der Waals surface area (Å²) in [6, 6.07) is 4.29. The normalized spacial score (nSPS) is 16.6. The maximum atomic E-state index is 5.54. The van der Waals surface area contributed by atoms with Crippen molar-refractivity contribution in [2.24, 2.45) is 0 Å². The van der Waals surface area contributed by atoms with Gasteiger partial charge in [0.2, 0.25) is 0 Å². The van der Waals surface area contributed by atoms with Crippen LogP contribution >= 0.6 is 0 Å². The number of pyridine rings is 1. The molecule has 3 rings (SSSR count). The molecule has 0 saturated carbocycles. The molecule has 1 aliphatic heterocycles. The van der Waals surface area contributed by atoms with Crippen molar-refractivity contribution in [3.8, 4) is 5.75 Å². The minimum absolute atomic E-state index is 0.640. The molecule has 1 aliphatic rings. The highest BCUT2D eigenvalue weighted by Crippen LogP contribution is 2.28. The van der Waals surface area contributed by atoms with Crippen LogP contribution in [0.25, 0.3) is 0 Å². The lowest BCUT2D eigenvalue weighted by atomic mass is 9.93. The number of piperidine rings is 1. The Labute approximate surface area is 138 Å². The van der Waals surface area contributed by atoms with Crippen LogP contribution in [-0.2, 0) is 13.1 Å². The molecule has 124 valence electrons. The van der Waals surface area contributed by atoms with E-state index in [9.17, 15) is 0 Å². The van der Waals surface area contributed by atoms with Gasteiger partial charge >= 0.3 is 0 Å². The van der Waals surface area contributed by atoms with Crippen molar-refractivity contribution in [1.29, 1.82) is 0 Å². The largest absolute Gasteiger partial charge is 0.492 e. The van der Waals surface area contributed by atoms with Crippen molar-refractivity contribution in [1.82, 2.24) is 19.7 Å². The van der Waals surface area contributed by atoms with Gasteiger partial charge in [0.15, 0.2) is 0 Å². The molecule has 0 radical (unpaired) electrons. The van der Waals surface area contributed by atoms with E-state index in [1.165, 1.54) is 24.1 Å². The predicted molar refractivity (Wildman–Crippen MR) is 90.6 cm³/mol. The van der Waals surface area contributed by atoms with E-state index in [1.54, 1.807) is 6.20 Å². The molecule has 0 amide bonds. The average molecular weight is 314 g/mol. The SMILES string of the molecule is CCOc1cncc(CN2CCC(c3ccnn3CC)CC2)c1. The zero-order valence-corrected chi connectivity index (χ0v) is 14.1. The second-order valence-corrected chi connectivity index (χ2v) is 6.08. The minimum Gasteiger partial charge on any atom is -0.492 e. The van der Waals surface area contributed by atoms with Crippen molar-refractivity contribution in [2.75, 3.05) is 19.7 Å². The molecule has 1 fully saturated rings. The smallest absolute Gasteiger partial charge is 0.137 e. The molecule has 0 aliphatic carbocycles. The van der Waals surface area contributed by atoms with Crippen LogP contribution in [0.5, 0.6) is 5.75 Å². The molecule has 0 aromatic carbocycles. The Hall–Kier alpha value is -1.88. The van der Waals surface area contributed by atoms with E-state index < -0.39 is 0 Å². The highest BCUT2D eigenvalue weighted by atomic mass is 16.5. The number of rotatable bonds is 6. The third-order valence-corrected chi connectivity index (χ3v) is 4.54. The van der Waals surface area contributed by atoms with Gasteiger partial charge < -0.3 is 4.74 Å². The lowest BCUT2D eigenvalue weighted by Crippen LogP contribution is -2.33. The number of aromatic nitrogens is 3. The first-order valence-corrected chi connectivity index (χ1v) is 8.61. The van der Waals surface area contributed by atoms with Crippen molar-refractivity contribution in [3.63, 3.8) is 0 Å². The summed E-state index contributed by atoms with van der Waals surface area (Å²) in [4.78, 5) is 6.79. The fraction of sp³-hybridized carbons (Fsp3) is 0.556. The lowest BCUT2D eigenvalue weighted by molar-refractivity contribution is 0.200. The number of ether oxygens (including phenoxy) is 1. The van der Waals surface area contributed by atoms with E-state index in [2.05, 4.69) is 38.7 Å². The summed E-state index contributed by atoms with van der Waals surface area (Å²) < 4.78 is 7.67. The van der Waals surface area contributed by atoms with Gasteiger partial charge in [-0.3, -0.25) is 14.6 Å². The molecule has 2 aromatic rings. The number of likely N-dealkylation sites (tertiary alicyclic amines) is 1. The topological polar surface area (TPSA) is 43.2 Å². The second kappa shape index (κ2) is 7.59. The van der Waals surface area contributed by atoms with Gasteiger partial charge in [-0.1, -0.05) is 0 Å². The summed E-state index contributed by atoms with van der Waals surface area (Å²) in [7, 11) is 0. The molecule has 5 nitrogen and oxygen atoms in total. The third-order valence-electron chi connectivity index (χ3n) is 4.54.